The summed E-state index contributed by atoms with van der Waals surface area (Å²) in [5.74, 6) is 1.54. The Balaban J connectivity index is 4.19. The molecule has 0 aromatic carbocycles. The first-order chi connectivity index (χ1) is 27.6. The minimum absolute atomic E-state index is 0.122. The molecule has 4 nitrogen and oxygen atoms in total. The standard InChI is InChI=1S/C51H100O4S/c1-4-7-10-13-16-19-22-25-28-31-34-37-40-43-46-56-48-49(55-51(53)45-42-39-36-33-30-27-24-21-18-15-12-9-6-3)47-54-50(52)44-41-38-35-32-29-26-23-20-17-14-11-8-5-2/h49H,4-48H2,1-3H3/t49-/m0/s1. The Kier molecular flexibility index (Phi) is 48.0. The van der Waals surface area contributed by atoms with Gasteiger partial charge in [-0.05, 0) is 25.0 Å². The predicted octanol–water partition coefficient (Wildman–Crippen LogP) is 17.6. The first-order valence-electron chi connectivity index (χ1n) is 25.6. The van der Waals surface area contributed by atoms with Crippen LogP contribution in [0.25, 0.3) is 0 Å². The quantitative estimate of drug-likeness (QED) is 0.0453. The first-order valence-corrected chi connectivity index (χ1v) is 26.7. The zero-order valence-electron chi connectivity index (χ0n) is 38.4. The van der Waals surface area contributed by atoms with E-state index in [2.05, 4.69) is 20.8 Å². The number of hydrogen-bond donors (Lipinski definition) is 0. The second kappa shape index (κ2) is 48.7. The molecule has 0 spiro atoms. The largest absolute Gasteiger partial charge is 0.462 e. The summed E-state index contributed by atoms with van der Waals surface area (Å²) in [7, 11) is 0. The number of carbonyl (C=O) groups is 2. The summed E-state index contributed by atoms with van der Waals surface area (Å²) in [6.45, 7) is 7.05. The van der Waals surface area contributed by atoms with Crippen molar-refractivity contribution in [3.05, 3.63) is 0 Å². The normalized spacial score (nSPS) is 12.0. The topological polar surface area (TPSA) is 52.6 Å². The lowest BCUT2D eigenvalue weighted by molar-refractivity contribution is -0.157. The number of ether oxygens (including phenoxy) is 2. The lowest BCUT2D eigenvalue weighted by Crippen LogP contribution is -2.27. The molecule has 0 radical (unpaired) electrons. The highest BCUT2D eigenvalue weighted by atomic mass is 32.2. The highest BCUT2D eigenvalue weighted by Crippen LogP contribution is 2.18. The van der Waals surface area contributed by atoms with Gasteiger partial charge in [-0.3, -0.25) is 9.59 Å². The molecule has 0 bridgehead atoms. The number of rotatable bonds is 48. The minimum atomic E-state index is -0.336. The zero-order chi connectivity index (χ0) is 40.7. The van der Waals surface area contributed by atoms with Crippen LogP contribution >= 0.6 is 11.8 Å². The molecule has 0 amide bonds. The Morgan fingerprint density at radius 3 is 0.946 bits per heavy atom. The van der Waals surface area contributed by atoms with Gasteiger partial charge in [0.2, 0.25) is 0 Å². The van der Waals surface area contributed by atoms with Crippen molar-refractivity contribution >= 4 is 23.7 Å². The van der Waals surface area contributed by atoms with Gasteiger partial charge in [-0.15, -0.1) is 0 Å². The summed E-state index contributed by atoms with van der Waals surface area (Å²) < 4.78 is 11.6. The van der Waals surface area contributed by atoms with Gasteiger partial charge in [0.25, 0.3) is 0 Å². The highest BCUT2D eigenvalue weighted by molar-refractivity contribution is 7.99. The average molecular weight is 809 g/mol. The molecule has 0 saturated carbocycles. The van der Waals surface area contributed by atoms with E-state index in [9.17, 15) is 9.59 Å². The van der Waals surface area contributed by atoms with Gasteiger partial charge in [-0.2, -0.15) is 11.8 Å². The second-order valence-corrected chi connectivity index (χ2v) is 18.6. The minimum Gasteiger partial charge on any atom is -0.462 e. The van der Waals surface area contributed by atoms with Gasteiger partial charge < -0.3 is 9.47 Å². The third-order valence-electron chi connectivity index (χ3n) is 11.6. The van der Waals surface area contributed by atoms with E-state index in [1.54, 1.807) is 0 Å². The van der Waals surface area contributed by atoms with Crippen LogP contribution in [-0.4, -0.2) is 36.2 Å². The number of unbranched alkanes of at least 4 members (excludes halogenated alkanes) is 37. The summed E-state index contributed by atoms with van der Waals surface area (Å²) in [6, 6.07) is 0. The van der Waals surface area contributed by atoms with Crippen LogP contribution in [0.15, 0.2) is 0 Å². The molecule has 0 rings (SSSR count). The maximum atomic E-state index is 12.8. The van der Waals surface area contributed by atoms with Crippen LogP contribution in [0.3, 0.4) is 0 Å². The van der Waals surface area contributed by atoms with E-state index < -0.39 is 0 Å². The molecule has 0 aromatic heterocycles. The maximum absolute atomic E-state index is 12.8. The molecule has 0 heterocycles. The van der Waals surface area contributed by atoms with Gasteiger partial charge in [0.1, 0.15) is 12.7 Å². The molecular weight excluding hydrogens is 709 g/mol. The summed E-state index contributed by atoms with van der Waals surface area (Å²) in [6.07, 6.45) is 53.5. The Morgan fingerprint density at radius 2 is 0.625 bits per heavy atom. The molecule has 0 aliphatic carbocycles. The fourth-order valence-electron chi connectivity index (χ4n) is 7.81. The number of thioether (sulfide) groups is 1. The number of hydrogen-bond acceptors (Lipinski definition) is 5. The molecule has 0 aliphatic heterocycles. The van der Waals surface area contributed by atoms with Crippen LogP contribution in [0.1, 0.15) is 290 Å². The van der Waals surface area contributed by atoms with Crippen LogP contribution in [0.4, 0.5) is 0 Å². The summed E-state index contributed by atoms with van der Waals surface area (Å²) in [4.78, 5) is 25.4. The summed E-state index contributed by atoms with van der Waals surface area (Å²) in [5, 5.41) is 0. The van der Waals surface area contributed by atoms with E-state index in [0.29, 0.717) is 12.8 Å². The van der Waals surface area contributed by atoms with Crippen LogP contribution in [0.2, 0.25) is 0 Å². The highest BCUT2D eigenvalue weighted by Gasteiger charge is 2.17. The zero-order valence-corrected chi connectivity index (χ0v) is 39.3. The SMILES string of the molecule is CCCCCCCCCCCCCCCCSC[C@H](COC(=O)CCCCCCCCCCCCCCC)OC(=O)CCCCCCCCCCCCCCC. The fraction of sp³-hybridized carbons (Fsp3) is 0.961. The molecule has 0 fully saturated rings. The molecule has 0 N–H and O–H groups in total. The van der Waals surface area contributed by atoms with E-state index >= 15 is 0 Å². The lowest BCUT2D eigenvalue weighted by atomic mass is 10.0. The van der Waals surface area contributed by atoms with Gasteiger partial charge in [0, 0.05) is 18.6 Å². The maximum Gasteiger partial charge on any atom is 0.306 e. The fourth-order valence-corrected chi connectivity index (χ4v) is 8.81. The van der Waals surface area contributed by atoms with Gasteiger partial charge in [0.15, 0.2) is 0 Å². The summed E-state index contributed by atoms with van der Waals surface area (Å²) >= 11 is 1.86. The summed E-state index contributed by atoms with van der Waals surface area (Å²) in [5.41, 5.74) is 0. The predicted molar refractivity (Wildman–Crippen MR) is 249 cm³/mol. The van der Waals surface area contributed by atoms with Crippen molar-refractivity contribution in [3.63, 3.8) is 0 Å². The van der Waals surface area contributed by atoms with Gasteiger partial charge in [-0.25, -0.2) is 0 Å². The van der Waals surface area contributed by atoms with Crippen molar-refractivity contribution < 1.29 is 19.1 Å². The van der Waals surface area contributed by atoms with E-state index in [4.69, 9.17) is 9.47 Å². The Labute approximate surface area is 356 Å². The van der Waals surface area contributed by atoms with Crippen molar-refractivity contribution in [2.75, 3.05) is 18.1 Å². The van der Waals surface area contributed by atoms with E-state index in [-0.39, 0.29) is 24.6 Å². The van der Waals surface area contributed by atoms with Gasteiger partial charge >= 0.3 is 11.9 Å². The third kappa shape index (κ3) is 46.0. The monoisotopic (exact) mass is 809 g/mol. The van der Waals surface area contributed by atoms with Gasteiger partial charge in [-0.1, -0.05) is 258 Å². The van der Waals surface area contributed by atoms with Crippen LogP contribution in [-0.2, 0) is 19.1 Å². The molecule has 56 heavy (non-hydrogen) atoms. The molecule has 0 aromatic rings. The van der Waals surface area contributed by atoms with Crippen LogP contribution in [0.5, 0.6) is 0 Å². The van der Waals surface area contributed by atoms with Gasteiger partial charge in [0.05, 0.1) is 0 Å². The molecule has 334 valence electrons. The van der Waals surface area contributed by atoms with Crippen molar-refractivity contribution in [1.29, 1.82) is 0 Å². The third-order valence-corrected chi connectivity index (χ3v) is 12.8. The van der Waals surface area contributed by atoms with Crippen LogP contribution < -0.4 is 0 Å². The van der Waals surface area contributed by atoms with E-state index in [0.717, 1.165) is 37.2 Å². The Morgan fingerprint density at radius 1 is 0.357 bits per heavy atom. The van der Waals surface area contributed by atoms with Crippen LogP contribution in [0, 0.1) is 0 Å². The molecule has 5 heteroatoms. The molecule has 0 aliphatic rings. The Hall–Kier alpha value is -0.710. The molecule has 0 saturated heterocycles. The second-order valence-electron chi connectivity index (χ2n) is 17.5. The molecule has 0 unspecified atom stereocenters. The smallest absolute Gasteiger partial charge is 0.306 e. The van der Waals surface area contributed by atoms with Crippen molar-refractivity contribution in [2.45, 2.75) is 297 Å². The Bertz CT molecular complexity index is 773. The van der Waals surface area contributed by atoms with Crippen molar-refractivity contribution in [2.24, 2.45) is 0 Å². The van der Waals surface area contributed by atoms with E-state index in [1.165, 1.54) is 231 Å². The van der Waals surface area contributed by atoms with E-state index in [1.807, 2.05) is 11.8 Å². The van der Waals surface area contributed by atoms with Crippen molar-refractivity contribution in [1.82, 2.24) is 0 Å². The number of esters is 2. The van der Waals surface area contributed by atoms with Crippen molar-refractivity contribution in [3.8, 4) is 0 Å². The number of carbonyl (C=O) groups excluding carboxylic acids is 2. The first kappa shape index (κ1) is 55.3. The average Bonchev–Trinajstić information content (AvgIpc) is 3.20. The molecular formula is C51H100O4S. The molecule has 1 atom stereocenters. The lowest BCUT2D eigenvalue weighted by Gasteiger charge is -2.18.